The summed E-state index contributed by atoms with van der Waals surface area (Å²) in [7, 11) is -0.741. The molecule has 156 valence electrons. The van der Waals surface area contributed by atoms with Crippen LogP contribution < -0.4 is 15.4 Å². The molecule has 0 spiro atoms. The van der Waals surface area contributed by atoms with Crippen molar-refractivity contribution in [1.29, 1.82) is 0 Å². The highest BCUT2D eigenvalue weighted by molar-refractivity contribution is 7.89. The highest BCUT2D eigenvalue weighted by atomic mass is 35.5. The maximum absolute atomic E-state index is 14.1. The lowest BCUT2D eigenvalue weighted by molar-refractivity contribution is -0.118. The Morgan fingerprint density at radius 2 is 1.93 bits per heavy atom. The highest BCUT2D eigenvalue weighted by Crippen LogP contribution is 2.22. The first-order valence-electron chi connectivity index (χ1n) is 8.23. The van der Waals surface area contributed by atoms with Crippen molar-refractivity contribution in [2.75, 3.05) is 12.4 Å². The molecule has 1 heterocycles. The van der Waals surface area contributed by atoms with Crippen LogP contribution in [0.2, 0.25) is 0 Å². The summed E-state index contributed by atoms with van der Waals surface area (Å²) in [6.07, 6.45) is 3.24. The lowest BCUT2D eigenvalue weighted by atomic mass is 10.1. The number of carbonyl (C=O) groups is 1. The van der Waals surface area contributed by atoms with Crippen LogP contribution >= 0.6 is 12.4 Å². The lowest BCUT2D eigenvalue weighted by Crippen LogP contribution is -2.40. The molecule has 0 radical (unpaired) electrons. The molecular formula is C17H25ClFN5O3S. The van der Waals surface area contributed by atoms with E-state index in [9.17, 15) is 17.6 Å². The first-order chi connectivity index (χ1) is 12.4. The van der Waals surface area contributed by atoms with Crippen molar-refractivity contribution in [2.45, 2.75) is 37.2 Å². The zero-order valence-corrected chi connectivity index (χ0v) is 17.9. The summed E-state index contributed by atoms with van der Waals surface area (Å²) in [5, 5.41) is 9.50. The number of rotatable bonds is 6. The summed E-state index contributed by atoms with van der Waals surface area (Å²) in [5.74, 6) is -1.33. The molecule has 0 saturated heterocycles. The van der Waals surface area contributed by atoms with Gasteiger partial charge in [0.1, 0.15) is 16.8 Å². The van der Waals surface area contributed by atoms with Gasteiger partial charge in [-0.3, -0.25) is 9.48 Å². The van der Waals surface area contributed by atoms with Crippen molar-refractivity contribution in [3.63, 3.8) is 0 Å². The van der Waals surface area contributed by atoms with Gasteiger partial charge in [-0.15, -0.1) is 12.4 Å². The van der Waals surface area contributed by atoms with Gasteiger partial charge in [0.15, 0.2) is 0 Å². The number of carbonyl (C=O) groups excluding carboxylic acids is 1. The second kappa shape index (κ2) is 8.99. The number of benzene rings is 1. The largest absolute Gasteiger partial charge is 0.324 e. The Balaban J connectivity index is 0.00000392. The molecule has 2 rings (SSSR count). The van der Waals surface area contributed by atoms with Crippen LogP contribution in [-0.2, 0) is 21.9 Å². The van der Waals surface area contributed by atoms with Crippen LogP contribution in [-0.4, -0.2) is 36.7 Å². The Hall–Kier alpha value is -2.01. The number of hydrogen-bond acceptors (Lipinski definition) is 5. The maximum Gasteiger partial charge on any atom is 0.246 e. The van der Waals surface area contributed by atoms with Gasteiger partial charge in [0.05, 0.1) is 6.20 Å². The van der Waals surface area contributed by atoms with Crippen molar-refractivity contribution >= 4 is 34.0 Å². The van der Waals surface area contributed by atoms with E-state index >= 15 is 0 Å². The number of sulfonamides is 1. The predicted molar refractivity (Wildman–Crippen MR) is 107 cm³/mol. The van der Waals surface area contributed by atoms with E-state index in [0.717, 1.165) is 12.1 Å². The lowest BCUT2D eigenvalue weighted by Gasteiger charge is -2.21. The highest BCUT2D eigenvalue weighted by Gasteiger charge is 2.26. The number of hydrogen-bond donors (Lipinski definition) is 3. The van der Waals surface area contributed by atoms with Crippen LogP contribution in [0.4, 0.5) is 10.1 Å². The molecule has 0 aliphatic carbocycles. The monoisotopic (exact) mass is 433 g/mol. The molecule has 1 aromatic carbocycles. The van der Waals surface area contributed by atoms with Crippen LogP contribution in [0.25, 0.3) is 0 Å². The quantitative estimate of drug-likeness (QED) is 0.645. The standard InChI is InChI=1S/C17H24FN5O3S.ClH/c1-17(2,3)22-27(25,26)14-8-12(6-7-13(14)18)21-16(24)15(19-4)11-9-20-23(5)10-11;/h6-10,15,19,22H,1-5H3,(H,21,24);1H. The molecule has 28 heavy (non-hydrogen) atoms. The molecule has 11 heteroatoms. The van der Waals surface area contributed by atoms with Crippen LogP contribution in [0.15, 0.2) is 35.5 Å². The number of nitrogens with one attached hydrogen (secondary N) is 3. The zero-order chi connectivity index (χ0) is 20.4. The normalized spacial score (nSPS) is 12.9. The molecule has 2 aromatic rings. The van der Waals surface area contributed by atoms with Crippen LogP contribution in [0.1, 0.15) is 32.4 Å². The van der Waals surface area contributed by atoms with Gasteiger partial charge in [0.25, 0.3) is 0 Å². The first kappa shape index (κ1) is 24.0. The smallest absolute Gasteiger partial charge is 0.246 e. The number of likely N-dealkylation sites (N-methyl/N-ethyl adjacent to an activating group) is 1. The van der Waals surface area contributed by atoms with Crippen LogP contribution in [0.3, 0.4) is 0 Å². The van der Waals surface area contributed by atoms with Gasteiger partial charge in [0.2, 0.25) is 15.9 Å². The maximum atomic E-state index is 14.1. The van der Waals surface area contributed by atoms with Gasteiger partial charge in [-0.1, -0.05) is 0 Å². The molecule has 1 amide bonds. The van der Waals surface area contributed by atoms with Crippen molar-refractivity contribution in [1.82, 2.24) is 19.8 Å². The van der Waals surface area contributed by atoms with Crippen LogP contribution in [0.5, 0.6) is 0 Å². The molecule has 0 aliphatic rings. The number of nitrogens with zero attached hydrogens (tertiary/aromatic N) is 2. The third-order valence-electron chi connectivity index (χ3n) is 3.54. The fourth-order valence-corrected chi connectivity index (χ4v) is 4.02. The van der Waals surface area contributed by atoms with E-state index in [2.05, 4.69) is 20.5 Å². The fourth-order valence-electron chi connectivity index (χ4n) is 2.50. The van der Waals surface area contributed by atoms with Crippen molar-refractivity contribution in [3.8, 4) is 0 Å². The third-order valence-corrected chi connectivity index (χ3v) is 5.31. The summed E-state index contributed by atoms with van der Waals surface area (Å²) in [5.41, 5.74) is 0.0314. The number of halogens is 2. The molecule has 0 bridgehead atoms. The predicted octanol–water partition coefficient (Wildman–Crippen LogP) is 1.96. The Morgan fingerprint density at radius 1 is 1.29 bits per heavy atom. The number of aromatic nitrogens is 2. The van der Waals surface area contributed by atoms with Crippen molar-refractivity contribution < 1.29 is 17.6 Å². The topological polar surface area (TPSA) is 105 Å². The van der Waals surface area contributed by atoms with E-state index < -0.39 is 38.2 Å². The van der Waals surface area contributed by atoms with Crippen molar-refractivity contribution in [3.05, 3.63) is 42.0 Å². The van der Waals surface area contributed by atoms with Gasteiger partial charge in [-0.2, -0.15) is 5.10 Å². The molecule has 3 N–H and O–H groups in total. The molecule has 1 atom stereocenters. The second-order valence-electron chi connectivity index (χ2n) is 7.16. The van der Waals surface area contributed by atoms with Gasteiger partial charge in [-0.25, -0.2) is 17.5 Å². The van der Waals surface area contributed by atoms with E-state index in [4.69, 9.17) is 0 Å². The Kier molecular flexibility index (Phi) is 7.72. The third kappa shape index (κ3) is 5.99. The minimum Gasteiger partial charge on any atom is -0.324 e. The second-order valence-corrected chi connectivity index (χ2v) is 8.81. The summed E-state index contributed by atoms with van der Waals surface area (Å²) in [6.45, 7) is 4.96. The molecule has 1 unspecified atom stereocenters. The van der Waals surface area contributed by atoms with E-state index in [0.29, 0.717) is 5.56 Å². The van der Waals surface area contributed by atoms with E-state index in [1.165, 1.54) is 6.07 Å². The Labute approximate surface area is 170 Å². The van der Waals surface area contributed by atoms with E-state index in [1.807, 2.05) is 0 Å². The molecule has 0 saturated carbocycles. The van der Waals surface area contributed by atoms with Crippen molar-refractivity contribution in [2.24, 2.45) is 7.05 Å². The molecule has 0 aliphatic heterocycles. The van der Waals surface area contributed by atoms with E-state index in [1.54, 1.807) is 51.9 Å². The first-order valence-corrected chi connectivity index (χ1v) is 9.71. The molecule has 0 fully saturated rings. The molecule has 1 aromatic heterocycles. The summed E-state index contributed by atoms with van der Waals surface area (Å²) in [6, 6.07) is 2.71. The minimum absolute atomic E-state index is 0. The Bertz CT molecular complexity index is 941. The summed E-state index contributed by atoms with van der Waals surface area (Å²) < 4.78 is 42.9. The summed E-state index contributed by atoms with van der Waals surface area (Å²) in [4.78, 5) is 12.0. The average Bonchev–Trinajstić information content (AvgIpc) is 2.93. The van der Waals surface area contributed by atoms with Gasteiger partial charge < -0.3 is 10.6 Å². The number of amides is 1. The van der Waals surface area contributed by atoms with Gasteiger partial charge in [-0.05, 0) is 46.0 Å². The number of anilines is 1. The van der Waals surface area contributed by atoms with Crippen LogP contribution in [0, 0.1) is 5.82 Å². The summed E-state index contributed by atoms with van der Waals surface area (Å²) >= 11 is 0. The van der Waals surface area contributed by atoms with Gasteiger partial charge >= 0.3 is 0 Å². The van der Waals surface area contributed by atoms with Gasteiger partial charge in [0, 0.05) is 30.0 Å². The number of aryl methyl sites for hydroxylation is 1. The average molecular weight is 434 g/mol. The minimum atomic E-state index is -4.09. The fraction of sp³-hybridized carbons (Fsp3) is 0.412. The molecule has 8 nitrogen and oxygen atoms in total. The SMILES string of the molecule is CNC(C(=O)Nc1ccc(F)c(S(=O)(=O)NC(C)(C)C)c1)c1cnn(C)c1.Cl. The van der Waals surface area contributed by atoms with E-state index in [-0.39, 0.29) is 18.1 Å². The Morgan fingerprint density at radius 3 is 2.43 bits per heavy atom. The zero-order valence-electron chi connectivity index (χ0n) is 16.3. The molecular weight excluding hydrogens is 409 g/mol.